The summed E-state index contributed by atoms with van der Waals surface area (Å²) in [4.78, 5) is 0. The van der Waals surface area contributed by atoms with Crippen LogP contribution in [0.4, 0.5) is 0 Å². The molecule has 0 radical (unpaired) electrons. The molecule has 52 heavy (non-hydrogen) atoms. The molecule has 6 aromatic carbocycles. The number of para-hydroxylation sites is 2. The highest BCUT2D eigenvalue weighted by molar-refractivity contribution is 7.57. The fourth-order valence-electron chi connectivity index (χ4n) is 7.68. The van der Waals surface area contributed by atoms with Crippen molar-refractivity contribution in [1.29, 1.82) is 0 Å². The predicted octanol–water partition coefficient (Wildman–Crippen LogP) is 11.5. The molecule has 2 atom stereocenters. The minimum Gasteiger partial charge on any atom is -0.456 e. The first-order chi connectivity index (χ1) is 24.8. The molecule has 3 nitrogen and oxygen atoms in total. The van der Waals surface area contributed by atoms with E-state index in [0.717, 1.165) is 45.6 Å². The molecular weight excluding hydrogens is 674 g/mol. The van der Waals surface area contributed by atoms with E-state index < -0.39 is 0 Å². The third-order valence-corrected chi connectivity index (χ3v) is 13.7. The van der Waals surface area contributed by atoms with Crippen molar-refractivity contribution in [3.05, 3.63) is 131 Å². The fourth-order valence-corrected chi connectivity index (χ4v) is 10.3. The van der Waals surface area contributed by atoms with Crippen molar-refractivity contribution in [1.82, 2.24) is 0 Å². The molecule has 0 aromatic heterocycles. The van der Waals surface area contributed by atoms with Crippen molar-refractivity contribution in [2.24, 2.45) is 0 Å². The predicted molar refractivity (Wildman–Crippen MR) is 222 cm³/mol. The van der Waals surface area contributed by atoms with Crippen LogP contribution < -0.4 is 35.4 Å². The summed E-state index contributed by atoms with van der Waals surface area (Å²) in [5, 5.41) is 4.90. The molecule has 3 aliphatic rings. The lowest BCUT2D eigenvalue weighted by Gasteiger charge is -2.39. The second-order valence-electron chi connectivity index (χ2n) is 16.8. The first kappa shape index (κ1) is 33.4. The van der Waals surface area contributed by atoms with Gasteiger partial charge in [0.15, 0.2) is 0 Å². The van der Waals surface area contributed by atoms with Gasteiger partial charge >= 0.3 is 0 Å². The Morgan fingerprint density at radius 2 is 0.846 bits per heavy atom. The van der Waals surface area contributed by atoms with Crippen molar-refractivity contribution in [2.45, 2.75) is 71.6 Å². The van der Waals surface area contributed by atoms with E-state index in [1.807, 2.05) is 12.1 Å². The normalized spacial score (nSPS) is 15.9. The summed E-state index contributed by atoms with van der Waals surface area (Å²) in [6.07, 6.45) is 0. The highest BCUT2D eigenvalue weighted by Crippen LogP contribution is 2.57. The topological polar surface area (TPSA) is 27.7 Å². The maximum atomic E-state index is 7.47. The number of ether oxygens (including phenoxy) is 3. The number of benzene rings is 6. The number of rotatable bonds is 2. The van der Waals surface area contributed by atoms with Crippen LogP contribution in [-0.4, -0.2) is 0 Å². The lowest BCUT2D eigenvalue weighted by Crippen LogP contribution is -2.28. The van der Waals surface area contributed by atoms with Gasteiger partial charge in [0.1, 0.15) is 34.5 Å². The van der Waals surface area contributed by atoms with Gasteiger partial charge in [0, 0.05) is 48.9 Å². The maximum Gasteiger partial charge on any atom is 0.139 e. The molecule has 5 heteroatoms. The Labute approximate surface area is 311 Å². The maximum absolute atomic E-state index is 7.47. The Morgan fingerprint density at radius 1 is 0.442 bits per heavy atom. The zero-order chi connectivity index (χ0) is 36.2. The number of hydrogen-bond acceptors (Lipinski definition) is 3. The monoisotopic (exact) mass is 718 g/mol. The zero-order valence-electron chi connectivity index (χ0n) is 31.1. The van der Waals surface area contributed by atoms with E-state index in [2.05, 4.69) is 152 Å². The molecule has 3 aliphatic heterocycles. The van der Waals surface area contributed by atoms with E-state index in [-0.39, 0.29) is 16.2 Å². The third kappa shape index (κ3) is 5.39. The van der Waals surface area contributed by atoms with E-state index in [1.165, 1.54) is 54.6 Å². The number of fused-ring (bicyclic) bond motifs is 6. The summed E-state index contributed by atoms with van der Waals surface area (Å²) < 4.78 is 20.5. The molecule has 0 spiro atoms. The lowest BCUT2D eigenvalue weighted by atomic mass is 9.70. The van der Waals surface area contributed by atoms with Gasteiger partial charge in [0.25, 0.3) is 0 Å². The van der Waals surface area contributed by atoms with Gasteiger partial charge in [-0.15, -0.1) is 0 Å². The number of hydrogen-bond donors (Lipinski definition) is 0. The second kappa shape index (κ2) is 11.8. The van der Waals surface area contributed by atoms with Gasteiger partial charge in [-0.3, -0.25) is 0 Å². The molecule has 2 unspecified atom stereocenters. The van der Waals surface area contributed by atoms with Crippen molar-refractivity contribution in [3.63, 3.8) is 0 Å². The lowest BCUT2D eigenvalue weighted by molar-refractivity contribution is 0.418. The summed E-state index contributed by atoms with van der Waals surface area (Å²) in [5.41, 5.74) is 9.10. The largest absolute Gasteiger partial charge is 0.456 e. The van der Waals surface area contributed by atoms with Gasteiger partial charge in [0.05, 0.1) is 0 Å². The molecule has 0 bridgehead atoms. The van der Waals surface area contributed by atoms with Crippen molar-refractivity contribution >= 4 is 38.4 Å². The van der Waals surface area contributed by atoms with Crippen LogP contribution in [0.2, 0.25) is 0 Å². The Bertz CT molecular complexity index is 2280. The molecule has 0 saturated carbocycles. The van der Waals surface area contributed by atoms with Gasteiger partial charge < -0.3 is 14.2 Å². The van der Waals surface area contributed by atoms with Crippen LogP contribution >= 0.6 is 17.2 Å². The van der Waals surface area contributed by atoms with E-state index in [9.17, 15) is 0 Å². The van der Waals surface area contributed by atoms with E-state index in [4.69, 9.17) is 14.2 Å². The molecule has 0 saturated heterocycles. The SMILES string of the molecule is CC(C)(C)c1cc(-c2cccc3c2Pc2ccccc2O3)c2c(c1)C(C)(C)c1cc(C(C)(C)C)cc(-c3cccc4c3Pc3ccccc3O4)c1O2. The zero-order valence-corrected chi connectivity index (χ0v) is 33.1. The molecule has 3 heterocycles. The average molecular weight is 719 g/mol. The van der Waals surface area contributed by atoms with Crippen LogP contribution in [0.5, 0.6) is 34.5 Å². The summed E-state index contributed by atoms with van der Waals surface area (Å²) in [6.45, 7) is 18.6. The fraction of sp³-hybridized carbons (Fsp3) is 0.234. The Hall–Kier alpha value is -4.42. The highest BCUT2D eigenvalue weighted by atomic mass is 31.1. The first-order valence-electron chi connectivity index (χ1n) is 18.2. The summed E-state index contributed by atoms with van der Waals surface area (Å²) in [6, 6.07) is 39.4. The minimum absolute atomic E-state index is 0.0703. The Balaban J connectivity index is 1.29. The van der Waals surface area contributed by atoms with Crippen LogP contribution in [0.15, 0.2) is 109 Å². The van der Waals surface area contributed by atoms with Crippen molar-refractivity contribution in [3.8, 4) is 56.8 Å². The summed E-state index contributed by atoms with van der Waals surface area (Å²) in [7, 11) is 0.952. The van der Waals surface area contributed by atoms with E-state index in [0.29, 0.717) is 17.2 Å². The Kier molecular flexibility index (Phi) is 7.58. The molecule has 0 fully saturated rings. The summed E-state index contributed by atoms with van der Waals surface area (Å²) in [5.74, 6) is 5.60. The van der Waals surface area contributed by atoms with Crippen LogP contribution in [-0.2, 0) is 16.2 Å². The standard InChI is InChI=1S/C47H44O3P2/c1-45(2,3)27-23-31(29-15-13-19-37-43(29)51-39-21-11-9-17-35(39)48-37)41-33(25-27)47(7,8)34-26-28(46(4,5)6)24-32(42(34)50-41)30-16-14-20-38-44(30)52-40-22-12-10-18-36(40)49-38/h9-26,51-52H,1-8H3. The van der Waals surface area contributed by atoms with Crippen LogP contribution in [0.1, 0.15) is 77.6 Å². The smallest absolute Gasteiger partial charge is 0.139 e. The molecule has 0 N–H and O–H groups in total. The van der Waals surface area contributed by atoms with Crippen LogP contribution in [0.25, 0.3) is 22.3 Å². The van der Waals surface area contributed by atoms with E-state index in [1.54, 1.807) is 0 Å². The molecular formula is C47H44O3P2. The van der Waals surface area contributed by atoms with Crippen LogP contribution in [0.3, 0.4) is 0 Å². The highest BCUT2D eigenvalue weighted by Gasteiger charge is 2.40. The molecule has 6 aromatic rings. The Morgan fingerprint density at radius 3 is 1.27 bits per heavy atom. The minimum atomic E-state index is -0.352. The third-order valence-electron chi connectivity index (χ3n) is 10.8. The first-order valence-corrected chi connectivity index (χ1v) is 20.2. The van der Waals surface area contributed by atoms with Gasteiger partial charge in [-0.2, -0.15) is 0 Å². The van der Waals surface area contributed by atoms with Gasteiger partial charge in [-0.25, -0.2) is 0 Å². The van der Waals surface area contributed by atoms with Crippen molar-refractivity contribution < 1.29 is 14.2 Å². The quantitative estimate of drug-likeness (QED) is 0.167. The molecule has 0 amide bonds. The van der Waals surface area contributed by atoms with Gasteiger partial charge in [0.2, 0.25) is 0 Å². The van der Waals surface area contributed by atoms with Gasteiger partial charge in [-0.1, -0.05) is 145 Å². The molecule has 9 rings (SSSR count). The van der Waals surface area contributed by atoms with E-state index >= 15 is 0 Å². The average Bonchev–Trinajstić information content (AvgIpc) is 3.11. The van der Waals surface area contributed by atoms with Crippen molar-refractivity contribution in [2.75, 3.05) is 0 Å². The second-order valence-corrected chi connectivity index (χ2v) is 19.4. The van der Waals surface area contributed by atoms with Crippen LogP contribution in [0, 0.1) is 0 Å². The molecule has 0 aliphatic carbocycles. The summed E-state index contributed by atoms with van der Waals surface area (Å²) >= 11 is 0. The van der Waals surface area contributed by atoms with Gasteiger partial charge in [-0.05, 0) is 69.5 Å². The molecule has 260 valence electrons.